The van der Waals surface area contributed by atoms with E-state index in [1.165, 1.54) is 0 Å². The Hall–Kier alpha value is -1.72. The Bertz CT molecular complexity index is 676. The van der Waals surface area contributed by atoms with Crippen molar-refractivity contribution in [2.24, 2.45) is 0 Å². The molecule has 0 aliphatic heterocycles. The van der Waals surface area contributed by atoms with Crippen LogP contribution in [0.2, 0.25) is 5.02 Å². The van der Waals surface area contributed by atoms with Crippen LogP contribution >= 0.6 is 27.5 Å². The molecule has 0 aliphatic carbocycles. The van der Waals surface area contributed by atoms with Gasteiger partial charge in [0.1, 0.15) is 5.75 Å². The number of aromatic carboxylic acids is 1. The molecule has 0 fully saturated rings. The molecule has 0 saturated carbocycles. The van der Waals surface area contributed by atoms with Crippen molar-refractivity contribution in [3.8, 4) is 5.75 Å². The van der Waals surface area contributed by atoms with Crippen molar-refractivity contribution in [2.75, 3.05) is 12.4 Å². The first kappa shape index (κ1) is 15.7. The van der Waals surface area contributed by atoms with Crippen LogP contribution in [0, 0.1) is 0 Å². The first-order chi connectivity index (χ1) is 10.0. The van der Waals surface area contributed by atoms with Crippen LogP contribution in [0.5, 0.6) is 5.75 Å². The Morgan fingerprint density at radius 2 is 2.10 bits per heavy atom. The molecule has 2 rings (SSSR count). The maximum Gasteiger partial charge on any atom is 0.335 e. The number of carboxylic acid groups (broad SMARTS) is 1. The standard InChI is InChI=1S/C15H13BrClNO3/c1-21-14-5-4-11(7-13(14)17)18-8-10-3-2-9(15(19)20)6-12(10)16/h2-7,18H,8H2,1H3,(H,19,20). The average Bonchev–Trinajstić information content (AvgIpc) is 2.46. The van der Waals surface area contributed by atoms with Crippen molar-refractivity contribution in [2.45, 2.75) is 6.54 Å². The molecule has 2 aromatic rings. The lowest BCUT2D eigenvalue weighted by atomic mass is 10.1. The lowest BCUT2D eigenvalue weighted by Crippen LogP contribution is -2.02. The van der Waals surface area contributed by atoms with E-state index in [-0.39, 0.29) is 5.56 Å². The first-order valence-corrected chi connectivity index (χ1v) is 7.27. The van der Waals surface area contributed by atoms with Gasteiger partial charge in [-0.25, -0.2) is 4.79 Å². The molecular formula is C15H13BrClNO3. The molecular weight excluding hydrogens is 358 g/mol. The summed E-state index contributed by atoms with van der Waals surface area (Å²) in [6, 6.07) is 10.4. The molecule has 0 unspecified atom stereocenters. The van der Waals surface area contributed by atoms with Crippen LogP contribution in [-0.2, 0) is 6.54 Å². The number of ether oxygens (including phenoxy) is 1. The molecule has 0 bridgehead atoms. The fourth-order valence-corrected chi connectivity index (χ4v) is 2.57. The van der Waals surface area contributed by atoms with Crippen molar-refractivity contribution in [1.29, 1.82) is 0 Å². The molecule has 0 aliphatic rings. The number of benzene rings is 2. The molecule has 4 nitrogen and oxygen atoms in total. The molecule has 0 amide bonds. The monoisotopic (exact) mass is 369 g/mol. The second kappa shape index (κ2) is 6.83. The van der Waals surface area contributed by atoms with Gasteiger partial charge in [-0.2, -0.15) is 0 Å². The van der Waals surface area contributed by atoms with Gasteiger partial charge >= 0.3 is 5.97 Å². The third-order valence-corrected chi connectivity index (χ3v) is 3.97. The average molecular weight is 371 g/mol. The lowest BCUT2D eigenvalue weighted by molar-refractivity contribution is 0.0697. The summed E-state index contributed by atoms with van der Waals surface area (Å²) in [5.41, 5.74) is 2.06. The van der Waals surface area contributed by atoms with Crippen molar-refractivity contribution in [1.82, 2.24) is 0 Å². The number of methoxy groups -OCH3 is 1. The highest BCUT2D eigenvalue weighted by molar-refractivity contribution is 9.10. The van der Waals surface area contributed by atoms with Crippen molar-refractivity contribution < 1.29 is 14.6 Å². The molecule has 2 aromatic carbocycles. The third kappa shape index (κ3) is 3.89. The summed E-state index contributed by atoms with van der Waals surface area (Å²) < 4.78 is 5.84. The first-order valence-electron chi connectivity index (χ1n) is 6.10. The molecule has 6 heteroatoms. The lowest BCUT2D eigenvalue weighted by Gasteiger charge is -2.10. The van der Waals surface area contributed by atoms with E-state index in [0.717, 1.165) is 15.7 Å². The quantitative estimate of drug-likeness (QED) is 0.818. The van der Waals surface area contributed by atoms with E-state index in [1.807, 2.05) is 6.07 Å². The molecule has 0 saturated heterocycles. The van der Waals surface area contributed by atoms with Crippen LogP contribution < -0.4 is 10.1 Å². The van der Waals surface area contributed by atoms with E-state index in [4.69, 9.17) is 21.4 Å². The zero-order chi connectivity index (χ0) is 15.4. The molecule has 0 heterocycles. The summed E-state index contributed by atoms with van der Waals surface area (Å²) >= 11 is 9.44. The van der Waals surface area contributed by atoms with Gasteiger partial charge in [0, 0.05) is 16.7 Å². The van der Waals surface area contributed by atoms with Gasteiger partial charge in [-0.05, 0) is 35.9 Å². The fourth-order valence-electron chi connectivity index (χ4n) is 1.80. The SMILES string of the molecule is COc1ccc(NCc2ccc(C(=O)O)cc2Br)cc1Cl. The van der Waals surface area contributed by atoms with Gasteiger partial charge in [-0.1, -0.05) is 33.6 Å². The van der Waals surface area contributed by atoms with E-state index >= 15 is 0 Å². The van der Waals surface area contributed by atoms with E-state index in [1.54, 1.807) is 37.4 Å². The summed E-state index contributed by atoms with van der Waals surface area (Å²) in [5.74, 6) is -0.327. The number of halogens is 2. The van der Waals surface area contributed by atoms with Crippen LogP contribution in [0.4, 0.5) is 5.69 Å². The van der Waals surface area contributed by atoms with E-state index in [9.17, 15) is 4.79 Å². The summed E-state index contributed by atoms with van der Waals surface area (Å²) in [7, 11) is 1.56. The van der Waals surface area contributed by atoms with Crippen LogP contribution in [0.1, 0.15) is 15.9 Å². The van der Waals surface area contributed by atoms with Crippen molar-refractivity contribution >= 4 is 39.2 Å². The van der Waals surface area contributed by atoms with Gasteiger partial charge in [-0.3, -0.25) is 0 Å². The minimum atomic E-state index is -0.947. The van der Waals surface area contributed by atoms with Gasteiger partial charge < -0.3 is 15.2 Å². The smallest absolute Gasteiger partial charge is 0.335 e. The highest BCUT2D eigenvalue weighted by Gasteiger charge is 2.07. The van der Waals surface area contributed by atoms with Crippen LogP contribution in [0.15, 0.2) is 40.9 Å². The van der Waals surface area contributed by atoms with Gasteiger partial charge in [0.05, 0.1) is 17.7 Å². The number of anilines is 1. The Morgan fingerprint density at radius 1 is 1.33 bits per heavy atom. The summed E-state index contributed by atoms with van der Waals surface area (Å²) in [6.07, 6.45) is 0. The van der Waals surface area contributed by atoms with Crippen LogP contribution in [0.3, 0.4) is 0 Å². The summed E-state index contributed by atoms with van der Waals surface area (Å²) in [6.45, 7) is 0.545. The molecule has 110 valence electrons. The third-order valence-electron chi connectivity index (χ3n) is 2.93. The van der Waals surface area contributed by atoms with Crippen LogP contribution in [-0.4, -0.2) is 18.2 Å². The maximum absolute atomic E-state index is 10.9. The topological polar surface area (TPSA) is 58.6 Å². The van der Waals surface area contributed by atoms with E-state index < -0.39 is 5.97 Å². The van der Waals surface area contributed by atoms with E-state index in [2.05, 4.69) is 21.2 Å². The largest absolute Gasteiger partial charge is 0.495 e. The highest BCUT2D eigenvalue weighted by Crippen LogP contribution is 2.28. The Labute approximate surface area is 135 Å². The van der Waals surface area contributed by atoms with Gasteiger partial charge in [0.25, 0.3) is 0 Å². The fraction of sp³-hybridized carbons (Fsp3) is 0.133. The number of hydrogen-bond acceptors (Lipinski definition) is 3. The molecule has 0 spiro atoms. The van der Waals surface area contributed by atoms with Crippen molar-refractivity contribution in [3.63, 3.8) is 0 Å². The minimum absolute atomic E-state index is 0.248. The number of carboxylic acids is 1. The number of carbonyl (C=O) groups is 1. The second-order valence-corrected chi connectivity index (χ2v) is 5.58. The highest BCUT2D eigenvalue weighted by atomic mass is 79.9. The van der Waals surface area contributed by atoms with Gasteiger partial charge in [-0.15, -0.1) is 0 Å². The molecule has 0 atom stereocenters. The zero-order valence-corrected chi connectivity index (χ0v) is 13.5. The van der Waals surface area contributed by atoms with E-state index in [0.29, 0.717) is 17.3 Å². The number of hydrogen-bond donors (Lipinski definition) is 2. The molecule has 0 radical (unpaired) electrons. The molecule has 21 heavy (non-hydrogen) atoms. The Balaban J connectivity index is 2.09. The molecule has 2 N–H and O–H groups in total. The van der Waals surface area contributed by atoms with Gasteiger partial charge in [0.2, 0.25) is 0 Å². The number of rotatable bonds is 5. The predicted molar refractivity (Wildman–Crippen MR) is 86.4 cm³/mol. The summed E-state index contributed by atoms with van der Waals surface area (Å²) in [5, 5.41) is 12.7. The summed E-state index contributed by atoms with van der Waals surface area (Å²) in [4.78, 5) is 10.9. The predicted octanol–water partition coefficient (Wildman–Crippen LogP) is 4.42. The Kier molecular flexibility index (Phi) is 5.09. The van der Waals surface area contributed by atoms with Crippen LogP contribution in [0.25, 0.3) is 0 Å². The molecule has 0 aromatic heterocycles. The zero-order valence-electron chi connectivity index (χ0n) is 11.2. The van der Waals surface area contributed by atoms with Crippen molar-refractivity contribution in [3.05, 3.63) is 57.0 Å². The Morgan fingerprint density at radius 3 is 2.67 bits per heavy atom. The normalized spacial score (nSPS) is 10.2. The number of nitrogens with one attached hydrogen (secondary N) is 1. The minimum Gasteiger partial charge on any atom is -0.495 e. The van der Waals surface area contributed by atoms with Gasteiger partial charge in [0.15, 0.2) is 0 Å². The second-order valence-electron chi connectivity index (χ2n) is 4.31. The maximum atomic E-state index is 10.9.